The highest BCUT2D eigenvalue weighted by molar-refractivity contribution is 5.88. The highest BCUT2D eigenvalue weighted by Crippen LogP contribution is 2.30. The Balaban J connectivity index is 1.95. The van der Waals surface area contributed by atoms with Crippen LogP contribution in [0.25, 0.3) is 0 Å². The van der Waals surface area contributed by atoms with Gasteiger partial charge >= 0.3 is 0 Å². The van der Waals surface area contributed by atoms with Gasteiger partial charge in [0.25, 0.3) is 5.91 Å². The van der Waals surface area contributed by atoms with Crippen LogP contribution in [0.2, 0.25) is 0 Å². The molecule has 2 saturated heterocycles. The van der Waals surface area contributed by atoms with E-state index in [4.69, 9.17) is 9.47 Å². The Labute approximate surface area is 151 Å². The topological polar surface area (TPSA) is 59.1 Å². The van der Waals surface area contributed by atoms with Crippen LogP contribution in [0.1, 0.15) is 46.5 Å². The standard InChI is InChI=1S/C19H32N2O4/c1-5-16(6-2)13-17(22)20-9-7-19(8-10-20)14-21(11-12-25-19)18(23)15(3)24-4/h13,15H,5-12,14H2,1-4H3. The lowest BCUT2D eigenvalue weighted by Gasteiger charge is -2.47. The molecule has 0 N–H and O–H groups in total. The number of methoxy groups -OCH3 is 1. The summed E-state index contributed by atoms with van der Waals surface area (Å²) >= 11 is 0. The van der Waals surface area contributed by atoms with Gasteiger partial charge < -0.3 is 19.3 Å². The first-order valence-electron chi connectivity index (χ1n) is 9.38. The van der Waals surface area contributed by atoms with Gasteiger partial charge in [-0.15, -0.1) is 0 Å². The Bertz CT molecular complexity index is 504. The van der Waals surface area contributed by atoms with Crippen LogP contribution in [0.5, 0.6) is 0 Å². The maximum Gasteiger partial charge on any atom is 0.251 e. The third-order valence-corrected chi connectivity index (χ3v) is 5.48. The molecule has 0 bridgehead atoms. The number of hydrogen-bond acceptors (Lipinski definition) is 4. The van der Waals surface area contributed by atoms with E-state index < -0.39 is 6.10 Å². The molecule has 2 heterocycles. The van der Waals surface area contributed by atoms with Crippen molar-refractivity contribution in [3.05, 3.63) is 11.6 Å². The summed E-state index contributed by atoms with van der Waals surface area (Å²) in [6.07, 6.45) is 4.73. The van der Waals surface area contributed by atoms with E-state index in [1.807, 2.05) is 9.80 Å². The van der Waals surface area contributed by atoms with Gasteiger partial charge in [-0.1, -0.05) is 19.4 Å². The van der Waals surface area contributed by atoms with Gasteiger partial charge in [0.05, 0.1) is 12.2 Å². The summed E-state index contributed by atoms with van der Waals surface area (Å²) in [6, 6.07) is 0. The van der Waals surface area contributed by atoms with Crippen LogP contribution >= 0.6 is 0 Å². The SMILES string of the molecule is CCC(=CC(=O)N1CCC2(CC1)CN(C(=O)C(C)OC)CCO2)CC. The molecular weight excluding hydrogens is 320 g/mol. The Morgan fingerprint density at radius 3 is 2.36 bits per heavy atom. The molecule has 2 amide bonds. The maximum atomic E-state index is 12.4. The van der Waals surface area contributed by atoms with Crippen LogP contribution < -0.4 is 0 Å². The summed E-state index contributed by atoms with van der Waals surface area (Å²) in [5.41, 5.74) is 0.866. The summed E-state index contributed by atoms with van der Waals surface area (Å²) in [7, 11) is 1.55. The smallest absolute Gasteiger partial charge is 0.251 e. The summed E-state index contributed by atoms with van der Waals surface area (Å²) < 4.78 is 11.2. The van der Waals surface area contributed by atoms with E-state index in [9.17, 15) is 9.59 Å². The van der Waals surface area contributed by atoms with E-state index >= 15 is 0 Å². The van der Waals surface area contributed by atoms with Gasteiger partial charge in [0, 0.05) is 39.4 Å². The van der Waals surface area contributed by atoms with Crippen molar-refractivity contribution in [3.63, 3.8) is 0 Å². The number of piperidine rings is 1. The van der Waals surface area contributed by atoms with E-state index in [1.54, 1.807) is 20.1 Å². The van der Waals surface area contributed by atoms with Crippen molar-refractivity contribution in [2.45, 2.75) is 58.2 Å². The van der Waals surface area contributed by atoms with E-state index in [2.05, 4.69) is 13.8 Å². The number of hydrogen-bond donors (Lipinski definition) is 0. The van der Waals surface area contributed by atoms with Crippen molar-refractivity contribution >= 4 is 11.8 Å². The molecule has 6 nitrogen and oxygen atoms in total. The fourth-order valence-electron chi connectivity index (χ4n) is 3.55. The molecule has 2 aliphatic heterocycles. The molecule has 0 aromatic rings. The van der Waals surface area contributed by atoms with Gasteiger partial charge in [0.15, 0.2) is 0 Å². The predicted molar refractivity (Wildman–Crippen MR) is 96.2 cm³/mol. The zero-order chi connectivity index (χ0) is 18.4. The molecule has 1 atom stereocenters. The number of carbonyl (C=O) groups excluding carboxylic acids is 2. The lowest BCUT2D eigenvalue weighted by molar-refractivity contribution is -0.168. The van der Waals surface area contributed by atoms with Crippen molar-refractivity contribution in [3.8, 4) is 0 Å². The van der Waals surface area contributed by atoms with Gasteiger partial charge in [0.2, 0.25) is 5.91 Å². The summed E-state index contributed by atoms with van der Waals surface area (Å²) in [5, 5.41) is 0. The monoisotopic (exact) mass is 352 g/mol. The molecule has 0 saturated carbocycles. The molecule has 25 heavy (non-hydrogen) atoms. The van der Waals surface area contributed by atoms with Gasteiger partial charge in [0.1, 0.15) is 6.10 Å². The first kappa shape index (κ1) is 19.9. The number of morpholine rings is 1. The number of ether oxygens (including phenoxy) is 2. The highest BCUT2D eigenvalue weighted by Gasteiger charge is 2.42. The number of likely N-dealkylation sites (tertiary alicyclic amines) is 1. The second-order valence-corrected chi connectivity index (χ2v) is 7.00. The van der Waals surface area contributed by atoms with E-state index in [0.29, 0.717) is 32.8 Å². The molecule has 2 aliphatic rings. The fourth-order valence-corrected chi connectivity index (χ4v) is 3.55. The first-order chi connectivity index (χ1) is 11.9. The van der Waals surface area contributed by atoms with Crippen molar-refractivity contribution in [2.24, 2.45) is 0 Å². The Morgan fingerprint density at radius 2 is 1.80 bits per heavy atom. The van der Waals surface area contributed by atoms with Crippen LogP contribution in [0.15, 0.2) is 11.6 Å². The number of nitrogens with zero attached hydrogens (tertiary/aromatic N) is 2. The largest absolute Gasteiger partial charge is 0.372 e. The van der Waals surface area contributed by atoms with Crippen LogP contribution in [-0.2, 0) is 19.1 Å². The van der Waals surface area contributed by atoms with E-state index in [0.717, 1.165) is 25.7 Å². The van der Waals surface area contributed by atoms with Gasteiger partial charge in [-0.05, 0) is 32.6 Å². The van der Waals surface area contributed by atoms with Gasteiger partial charge in [-0.25, -0.2) is 0 Å². The van der Waals surface area contributed by atoms with Crippen LogP contribution in [-0.4, -0.2) is 73.2 Å². The predicted octanol–water partition coefficient (Wildman–Crippen LogP) is 1.99. The molecule has 2 rings (SSSR count). The minimum atomic E-state index is -0.427. The highest BCUT2D eigenvalue weighted by atomic mass is 16.5. The van der Waals surface area contributed by atoms with Crippen LogP contribution in [0, 0.1) is 0 Å². The second kappa shape index (κ2) is 8.81. The normalized spacial score (nSPS) is 21.1. The molecule has 0 aromatic heterocycles. The average Bonchev–Trinajstić information content (AvgIpc) is 2.65. The minimum Gasteiger partial charge on any atom is -0.372 e. The summed E-state index contributed by atoms with van der Waals surface area (Å²) in [4.78, 5) is 28.6. The zero-order valence-electron chi connectivity index (χ0n) is 16.0. The lowest BCUT2D eigenvalue weighted by Crippen LogP contribution is -2.59. The van der Waals surface area contributed by atoms with Crippen LogP contribution in [0.3, 0.4) is 0 Å². The van der Waals surface area contributed by atoms with Crippen LogP contribution in [0.4, 0.5) is 0 Å². The first-order valence-corrected chi connectivity index (χ1v) is 9.38. The van der Waals surface area contributed by atoms with Crippen molar-refractivity contribution in [1.29, 1.82) is 0 Å². The molecule has 0 aliphatic carbocycles. The summed E-state index contributed by atoms with van der Waals surface area (Å²) in [5.74, 6) is 0.118. The quantitative estimate of drug-likeness (QED) is 0.710. The Morgan fingerprint density at radius 1 is 1.16 bits per heavy atom. The molecule has 1 unspecified atom stereocenters. The van der Waals surface area contributed by atoms with Gasteiger partial charge in [-0.3, -0.25) is 9.59 Å². The minimum absolute atomic E-state index is 0.0159. The molecule has 6 heteroatoms. The third-order valence-electron chi connectivity index (χ3n) is 5.48. The van der Waals surface area contributed by atoms with E-state index in [1.165, 1.54) is 5.57 Å². The molecule has 1 spiro atoms. The fraction of sp³-hybridized carbons (Fsp3) is 0.789. The summed E-state index contributed by atoms with van der Waals surface area (Å²) in [6.45, 7) is 9.04. The lowest BCUT2D eigenvalue weighted by atomic mass is 9.89. The second-order valence-electron chi connectivity index (χ2n) is 7.00. The van der Waals surface area contributed by atoms with Crippen molar-refractivity contribution < 1.29 is 19.1 Å². The van der Waals surface area contributed by atoms with Crippen molar-refractivity contribution in [2.75, 3.05) is 39.9 Å². The average molecular weight is 352 g/mol. The number of allylic oxidation sites excluding steroid dienone is 1. The van der Waals surface area contributed by atoms with E-state index in [-0.39, 0.29) is 17.4 Å². The number of rotatable bonds is 5. The van der Waals surface area contributed by atoms with Gasteiger partial charge in [-0.2, -0.15) is 0 Å². The van der Waals surface area contributed by atoms with Crippen molar-refractivity contribution in [1.82, 2.24) is 9.80 Å². The number of carbonyl (C=O) groups is 2. The molecule has 2 fully saturated rings. The molecular formula is C19H32N2O4. The maximum absolute atomic E-state index is 12.4. The Kier molecular flexibility index (Phi) is 7.02. The molecule has 0 aromatic carbocycles. The number of amides is 2. The zero-order valence-corrected chi connectivity index (χ0v) is 16.0. The third kappa shape index (κ3) is 4.82. The Hall–Kier alpha value is -1.40. The molecule has 142 valence electrons. The molecule has 0 radical (unpaired) electrons.